The summed E-state index contributed by atoms with van der Waals surface area (Å²) < 4.78 is 11.6. The van der Waals surface area contributed by atoms with Gasteiger partial charge in [0.15, 0.2) is 0 Å². The minimum Gasteiger partial charge on any atom is -0.512 e. The number of fused-ring (bicyclic) bond motifs is 2. The molecule has 3 atom stereocenters. The van der Waals surface area contributed by atoms with Crippen LogP contribution in [-0.2, 0) is 4.74 Å². The van der Waals surface area contributed by atoms with E-state index in [2.05, 4.69) is 4.90 Å². The first-order chi connectivity index (χ1) is 17.3. The molecule has 3 N–H and O–H groups in total. The molecule has 2 bridgehead atoms. The largest absolute Gasteiger partial charge is 0.512 e. The molecule has 0 radical (unpaired) electrons. The first kappa shape index (κ1) is 24.9. The number of rotatable bonds is 9. The molecular weight excluding hydrogens is 503 g/mol. The summed E-state index contributed by atoms with van der Waals surface area (Å²) in [7, 11) is 1.47. The average molecular weight is 531 g/mol. The van der Waals surface area contributed by atoms with Gasteiger partial charge < -0.3 is 24.6 Å². The Labute approximate surface area is 219 Å². The molecule has 9 heteroatoms. The van der Waals surface area contributed by atoms with Crippen molar-refractivity contribution in [3.8, 4) is 5.75 Å². The Balaban J connectivity index is 1.29. The molecule has 2 saturated carbocycles. The van der Waals surface area contributed by atoms with Gasteiger partial charge in [0.25, 0.3) is 0 Å². The van der Waals surface area contributed by atoms with E-state index in [0.717, 1.165) is 37.9 Å². The lowest BCUT2D eigenvalue weighted by molar-refractivity contribution is 0.0390. The number of methoxy groups -OCH3 is 1. The van der Waals surface area contributed by atoms with Gasteiger partial charge in [-0.1, -0.05) is 29.3 Å². The summed E-state index contributed by atoms with van der Waals surface area (Å²) in [6.45, 7) is 0.907. The lowest BCUT2D eigenvalue weighted by Crippen LogP contribution is -2.39. The van der Waals surface area contributed by atoms with E-state index in [-0.39, 0.29) is 41.7 Å². The van der Waals surface area contributed by atoms with Gasteiger partial charge in [-0.3, -0.25) is 5.41 Å². The highest BCUT2D eigenvalue weighted by atomic mass is 35.5. The predicted molar refractivity (Wildman–Crippen MR) is 139 cm³/mol. The van der Waals surface area contributed by atoms with Crippen LogP contribution < -0.4 is 9.64 Å². The molecule has 2 aromatic carbocycles. The van der Waals surface area contributed by atoms with E-state index < -0.39 is 5.97 Å². The van der Waals surface area contributed by atoms with Crippen LogP contribution in [0.4, 0.5) is 5.69 Å². The van der Waals surface area contributed by atoms with Gasteiger partial charge in [-0.2, -0.15) is 0 Å². The Morgan fingerprint density at radius 3 is 2.44 bits per heavy atom. The summed E-state index contributed by atoms with van der Waals surface area (Å²) in [6, 6.07) is 10.6. The highest BCUT2D eigenvalue weighted by molar-refractivity contribution is 6.41. The number of piperidine rings is 1. The number of ether oxygens (including phenoxy) is 2. The zero-order valence-electron chi connectivity index (χ0n) is 19.8. The molecule has 3 aliphatic rings. The monoisotopic (exact) mass is 530 g/mol. The number of halogens is 2. The molecule has 0 amide bonds. The van der Waals surface area contributed by atoms with E-state index in [0.29, 0.717) is 32.8 Å². The number of aromatic carboxylic acids is 1. The molecule has 1 aliphatic heterocycles. The number of benzene rings is 2. The number of carbonyl (C=O) groups is 1. The molecule has 36 heavy (non-hydrogen) atoms. The minimum absolute atomic E-state index is 0.00274. The van der Waals surface area contributed by atoms with Crippen LogP contribution in [-0.4, -0.2) is 54.3 Å². The fourth-order valence-corrected chi connectivity index (χ4v) is 6.00. The third kappa shape index (κ3) is 4.67. The van der Waals surface area contributed by atoms with Gasteiger partial charge in [0, 0.05) is 47.3 Å². The lowest BCUT2D eigenvalue weighted by Gasteiger charge is -2.33. The Morgan fingerprint density at radius 2 is 1.86 bits per heavy atom. The number of nitrogens with one attached hydrogen (secondary N) is 1. The van der Waals surface area contributed by atoms with E-state index in [1.165, 1.54) is 7.11 Å². The van der Waals surface area contributed by atoms with Crippen molar-refractivity contribution in [3.63, 3.8) is 0 Å². The number of carboxylic acid groups (broad SMARTS) is 1. The molecule has 190 valence electrons. The number of hydrogen-bond donors (Lipinski definition) is 3. The molecule has 5 rings (SSSR count). The second kappa shape index (κ2) is 9.96. The van der Waals surface area contributed by atoms with Crippen molar-refractivity contribution in [2.75, 3.05) is 25.2 Å². The van der Waals surface area contributed by atoms with Crippen LogP contribution in [0.25, 0.3) is 0 Å². The van der Waals surface area contributed by atoms with Crippen molar-refractivity contribution < 1.29 is 24.5 Å². The van der Waals surface area contributed by atoms with Crippen LogP contribution in [0.1, 0.15) is 41.6 Å². The van der Waals surface area contributed by atoms with Crippen molar-refractivity contribution in [3.05, 3.63) is 68.9 Å². The molecule has 1 heterocycles. The zero-order valence-corrected chi connectivity index (χ0v) is 21.4. The van der Waals surface area contributed by atoms with Gasteiger partial charge in [-0.15, -0.1) is 0 Å². The van der Waals surface area contributed by atoms with Gasteiger partial charge in [-0.05, 0) is 49.9 Å². The van der Waals surface area contributed by atoms with Gasteiger partial charge >= 0.3 is 5.97 Å². The number of aliphatic hydroxyl groups excluding tert-OH is 1. The van der Waals surface area contributed by atoms with Crippen LogP contribution in [0.3, 0.4) is 0 Å². The van der Waals surface area contributed by atoms with E-state index in [4.69, 9.17) is 38.1 Å². The van der Waals surface area contributed by atoms with Crippen molar-refractivity contribution in [2.45, 2.75) is 37.8 Å². The molecule has 0 aromatic heterocycles. The number of carboxylic acids is 1. The molecular formula is C27H28Cl2N2O5. The molecule has 0 unspecified atom stereocenters. The summed E-state index contributed by atoms with van der Waals surface area (Å²) in [5.74, 6) is -0.118. The lowest BCUT2D eigenvalue weighted by atomic mass is 9.99. The van der Waals surface area contributed by atoms with Gasteiger partial charge in [0.05, 0.1) is 35.6 Å². The maximum absolute atomic E-state index is 11.4. The molecule has 7 nitrogen and oxygen atoms in total. The highest BCUT2D eigenvalue weighted by Crippen LogP contribution is 2.44. The van der Waals surface area contributed by atoms with Crippen molar-refractivity contribution in [1.82, 2.24) is 0 Å². The maximum atomic E-state index is 11.4. The van der Waals surface area contributed by atoms with Gasteiger partial charge in [0.2, 0.25) is 0 Å². The van der Waals surface area contributed by atoms with Crippen LogP contribution in [0.2, 0.25) is 10.0 Å². The Hall–Kier alpha value is -2.74. The van der Waals surface area contributed by atoms with Crippen LogP contribution >= 0.6 is 23.2 Å². The van der Waals surface area contributed by atoms with E-state index >= 15 is 0 Å². The van der Waals surface area contributed by atoms with Crippen molar-refractivity contribution in [2.24, 2.45) is 11.8 Å². The Kier molecular flexibility index (Phi) is 6.90. The number of nitrogens with zero attached hydrogens (tertiary/aromatic N) is 1. The summed E-state index contributed by atoms with van der Waals surface area (Å²) >= 11 is 12.7. The topological polar surface area (TPSA) is 103 Å². The Bertz CT molecular complexity index is 1220. The van der Waals surface area contributed by atoms with Crippen LogP contribution in [0, 0.1) is 17.2 Å². The van der Waals surface area contributed by atoms with Crippen LogP contribution in [0.5, 0.6) is 5.75 Å². The number of hydrogen-bond acceptors (Lipinski definition) is 6. The fourth-order valence-electron chi connectivity index (χ4n) is 5.42. The normalized spacial score (nSPS) is 23.5. The molecule has 3 fully saturated rings. The standard InChI is InChI=1S/C27H28Cl2N2O5/c1-35-23-10-16(7-8-18(23)27(33)34)31-12-15-9-17(31)11-22(15)36-13-19(26(32)14-5-6-14)25(30)24-20(28)3-2-4-21(24)29/h2-4,7-8,10,14-15,17,22,30,32H,5-6,9,11-13H2,1H3,(H,33,34)/b26-19-,30-25?/t15-,17-,22+/m0/s1. The van der Waals surface area contributed by atoms with Gasteiger partial charge in [0.1, 0.15) is 17.1 Å². The average Bonchev–Trinajstić information content (AvgIpc) is 3.53. The first-order valence-electron chi connectivity index (χ1n) is 12.0. The first-order valence-corrected chi connectivity index (χ1v) is 12.8. The quantitative estimate of drug-likeness (QED) is 0.272. The number of aliphatic hydroxyl groups is 1. The number of anilines is 1. The summed E-state index contributed by atoms with van der Waals surface area (Å²) in [5, 5.41) is 29.8. The van der Waals surface area contributed by atoms with E-state index in [1.54, 1.807) is 30.3 Å². The SMILES string of the molecule is COc1cc(N2C[C@@H]3C[C@H]2C[C@H]3OC/C(C(=N)c2c(Cl)cccc2Cl)=C(/O)C2CC2)ccc1C(=O)O. The smallest absolute Gasteiger partial charge is 0.339 e. The highest BCUT2D eigenvalue weighted by Gasteiger charge is 2.46. The summed E-state index contributed by atoms with van der Waals surface area (Å²) in [6.07, 6.45) is 3.57. The van der Waals surface area contributed by atoms with Crippen molar-refractivity contribution in [1.29, 1.82) is 5.41 Å². The third-order valence-corrected chi connectivity index (χ3v) is 8.08. The molecule has 2 aliphatic carbocycles. The van der Waals surface area contributed by atoms with E-state index in [1.807, 2.05) is 6.07 Å². The van der Waals surface area contributed by atoms with Crippen LogP contribution in [0.15, 0.2) is 47.7 Å². The summed E-state index contributed by atoms with van der Waals surface area (Å²) in [4.78, 5) is 13.7. The third-order valence-electron chi connectivity index (χ3n) is 7.45. The van der Waals surface area contributed by atoms with Crippen molar-refractivity contribution >= 4 is 40.6 Å². The van der Waals surface area contributed by atoms with E-state index in [9.17, 15) is 15.0 Å². The molecule has 2 aromatic rings. The Morgan fingerprint density at radius 1 is 1.14 bits per heavy atom. The summed E-state index contributed by atoms with van der Waals surface area (Å²) in [5.41, 5.74) is 2.03. The molecule has 0 spiro atoms. The second-order valence-electron chi connectivity index (χ2n) is 9.69. The number of allylic oxidation sites excluding steroid dienone is 1. The molecule has 1 saturated heterocycles. The maximum Gasteiger partial charge on any atom is 0.339 e. The fraction of sp³-hybridized carbons (Fsp3) is 0.407. The second-order valence-corrected chi connectivity index (χ2v) is 10.5. The predicted octanol–water partition coefficient (Wildman–Crippen LogP) is 5.97. The van der Waals surface area contributed by atoms with Gasteiger partial charge in [-0.25, -0.2) is 4.79 Å². The minimum atomic E-state index is -1.02. The zero-order chi connectivity index (χ0) is 25.6.